The molecule has 144 valence electrons. The lowest BCUT2D eigenvalue weighted by Crippen LogP contribution is -1.86. The Kier molecular flexibility index (Phi) is 2.73. The quantitative estimate of drug-likeness (QED) is 0.242. The van der Waals surface area contributed by atoms with Crippen LogP contribution in [0, 0.1) is 0 Å². The van der Waals surface area contributed by atoms with Crippen LogP contribution in [0.1, 0.15) is 0 Å². The third-order valence-electron chi connectivity index (χ3n) is 6.73. The van der Waals surface area contributed by atoms with Crippen molar-refractivity contribution in [2.75, 3.05) is 0 Å². The van der Waals surface area contributed by atoms with Crippen LogP contribution in [0.5, 0.6) is 0 Å². The first kappa shape index (κ1) is 16.0. The minimum absolute atomic E-state index is 0.679. The molecule has 0 spiro atoms. The summed E-state index contributed by atoms with van der Waals surface area (Å²) in [5, 5.41) is 10.4. The van der Waals surface area contributed by atoms with Crippen LogP contribution in [-0.2, 0) is 0 Å². The molecule has 8 rings (SSSR count). The van der Waals surface area contributed by atoms with Gasteiger partial charge in [0.25, 0.3) is 0 Å². The van der Waals surface area contributed by atoms with Crippen LogP contribution in [0.3, 0.4) is 0 Å². The first-order valence-electron chi connectivity index (χ1n) is 10.4. The molecule has 0 atom stereocenters. The van der Waals surface area contributed by atoms with Gasteiger partial charge in [-0.15, -0.1) is 0 Å². The molecule has 0 aliphatic heterocycles. The Bertz CT molecular complexity index is 2010. The second-order valence-electron chi connectivity index (χ2n) is 8.30. The fourth-order valence-corrected chi connectivity index (χ4v) is 5.79. The highest BCUT2D eigenvalue weighted by Crippen LogP contribution is 2.45. The smallest absolute Gasteiger partial charge is 0.139 e. The van der Waals surface area contributed by atoms with Gasteiger partial charge in [-0.25, -0.2) is 0 Å². The molecular formula is C28H14ClNO. The van der Waals surface area contributed by atoms with Crippen molar-refractivity contribution in [3.05, 3.63) is 90.0 Å². The lowest BCUT2D eigenvalue weighted by Gasteiger charge is -2.06. The highest BCUT2D eigenvalue weighted by atomic mass is 35.5. The number of hydrogen-bond donors (Lipinski definition) is 0. The van der Waals surface area contributed by atoms with Crippen molar-refractivity contribution in [3.8, 4) is 0 Å². The van der Waals surface area contributed by atoms with Crippen LogP contribution in [-0.4, -0.2) is 4.40 Å². The number of rotatable bonds is 0. The second-order valence-corrected chi connectivity index (χ2v) is 8.74. The summed E-state index contributed by atoms with van der Waals surface area (Å²) in [5.74, 6) is 0. The molecule has 3 heteroatoms. The number of hydrogen-bond acceptors (Lipinski definition) is 1. The summed E-state index contributed by atoms with van der Waals surface area (Å²) in [6, 6.07) is 30.0. The van der Waals surface area contributed by atoms with E-state index >= 15 is 0 Å². The molecule has 0 aliphatic carbocycles. The van der Waals surface area contributed by atoms with E-state index in [4.69, 9.17) is 16.0 Å². The fraction of sp³-hybridized carbons (Fsp3) is 0. The molecule has 0 aliphatic rings. The number of aromatic nitrogens is 1. The number of furan rings is 1. The van der Waals surface area contributed by atoms with Crippen LogP contribution in [0.15, 0.2) is 89.3 Å². The molecule has 2 nitrogen and oxygen atoms in total. The van der Waals surface area contributed by atoms with E-state index in [0.717, 1.165) is 27.5 Å². The van der Waals surface area contributed by atoms with Gasteiger partial charge in [-0.05, 0) is 40.4 Å². The summed E-state index contributed by atoms with van der Waals surface area (Å²) in [5.41, 5.74) is 5.21. The largest absolute Gasteiger partial charge is 0.456 e. The van der Waals surface area contributed by atoms with Gasteiger partial charge in [0.1, 0.15) is 11.2 Å². The van der Waals surface area contributed by atoms with Crippen LogP contribution in [0.2, 0.25) is 5.02 Å². The van der Waals surface area contributed by atoms with Gasteiger partial charge in [0.2, 0.25) is 0 Å². The van der Waals surface area contributed by atoms with Crippen molar-refractivity contribution in [2.24, 2.45) is 0 Å². The predicted octanol–water partition coefficient (Wildman–Crippen LogP) is 8.54. The van der Waals surface area contributed by atoms with Gasteiger partial charge in [0.05, 0.1) is 21.9 Å². The summed E-state index contributed by atoms with van der Waals surface area (Å²) in [6.07, 6.45) is 0. The first-order chi connectivity index (χ1) is 15.3. The Labute approximate surface area is 181 Å². The Balaban J connectivity index is 1.95. The lowest BCUT2D eigenvalue weighted by molar-refractivity contribution is 0.669. The summed E-state index contributed by atoms with van der Waals surface area (Å²) < 4.78 is 8.69. The van der Waals surface area contributed by atoms with Crippen LogP contribution < -0.4 is 0 Å². The van der Waals surface area contributed by atoms with Crippen molar-refractivity contribution in [1.82, 2.24) is 4.40 Å². The number of para-hydroxylation sites is 1. The van der Waals surface area contributed by atoms with Gasteiger partial charge in [0, 0.05) is 32.6 Å². The van der Waals surface area contributed by atoms with Gasteiger partial charge in [-0.3, -0.25) is 0 Å². The first-order valence-corrected chi connectivity index (χ1v) is 10.8. The fourth-order valence-electron chi connectivity index (χ4n) is 5.59. The van der Waals surface area contributed by atoms with E-state index in [2.05, 4.69) is 83.3 Å². The SMILES string of the molecule is Clc1cc2oc3cccc4c3c2c(c1)n1c2ccccc2c2cc3ccccc3c4c21. The van der Waals surface area contributed by atoms with Gasteiger partial charge < -0.3 is 8.82 Å². The minimum atomic E-state index is 0.679. The molecule has 0 radical (unpaired) electrons. The van der Waals surface area contributed by atoms with Crippen LogP contribution >= 0.6 is 11.6 Å². The Morgan fingerprint density at radius 2 is 1.39 bits per heavy atom. The maximum absolute atomic E-state index is 6.61. The molecule has 0 bridgehead atoms. The maximum Gasteiger partial charge on any atom is 0.139 e. The zero-order chi connectivity index (χ0) is 20.3. The van der Waals surface area contributed by atoms with E-state index in [1.165, 1.54) is 43.4 Å². The number of benzene rings is 5. The molecule has 0 saturated heterocycles. The zero-order valence-electron chi connectivity index (χ0n) is 16.3. The highest BCUT2D eigenvalue weighted by molar-refractivity contribution is 6.37. The summed E-state index contributed by atoms with van der Waals surface area (Å²) in [7, 11) is 0. The van der Waals surface area contributed by atoms with Crippen molar-refractivity contribution < 1.29 is 4.42 Å². The molecular weight excluding hydrogens is 402 g/mol. The second kappa shape index (κ2) is 5.29. The summed E-state index contributed by atoms with van der Waals surface area (Å²) in [6.45, 7) is 0. The van der Waals surface area contributed by atoms with Crippen LogP contribution in [0.25, 0.3) is 70.8 Å². The summed E-state index contributed by atoms with van der Waals surface area (Å²) >= 11 is 6.61. The zero-order valence-corrected chi connectivity index (χ0v) is 17.1. The van der Waals surface area contributed by atoms with Crippen molar-refractivity contribution in [1.29, 1.82) is 0 Å². The Hall–Kier alpha value is -3.75. The highest BCUT2D eigenvalue weighted by Gasteiger charge is 2.22. The van der Waals surface area contributed by atoms with E-state index in [-0.39, 0.29) is 0 Å². The normalized spacial score (nSPS) is 12.7. The van der Waals surface area contributed by atoms with Gasteiger partial charge in [-0.1, -0.05) is 66.2 Å². The molecule has 8 aromatic rings. The van der Waals surface area contributed by atoms with Crippen molar-refractivity contribution in [2.45, 2.75) is 0 Å². The van der Waals surface area contributed by atoms with Crippen LogP contribution in [0.4, 0.5) is 0 Å². The molecule has 5 aromatic carbocycles. The molecule has 3 heterocycles. The average Bonchev–Trinajstić information content (AvgIpc) is 3.28. The number of halogens is 1. The van der Waals surface area contributed by atoms with Gasteiger partial charge >= 0.3 is 0 Å². The molecule has 31 heavy (non-hydrogen) atoms. The van der Waals surface area contributed by atoms with E-state index in [1.807, 2.05) is 6.07 Å². The third-order valence-corrected chi connectivity index (χ3v) is 6.95. The maximum atomic E-state index is 6.61. The predicted molar refractivity (Wildman–Crippen MR) is 131 cm³/mol. The molecule has 0 fully saturated rings. The average molecular weight is 416 g/mol. The van der Waals surface area contributed by atoms with E-state index in [1.54, 1.807) is 0 Å². The van der Waals surface area contributed by atoms with Crippen molar-refractivity contribution in [3.63, 3.8) is 0 Å². The van der Waals surface area contributed by atoms with E-state index in [9.17, 15) is 0 Å². The van der Waals surface area contributed by atoms with E-state index in [0.29, 0.717) is 5.02 Å². The molecule has 0 amide bonds. The molecule has 0 saturated carbocycles. The monoisotopic (exact) mass is 415 g/mol. The number of nitrogens with zero attached hydrogens (tertiary/aromatic N) is 1. The third kappa shape index (κ3) is 1.81. The summed E-state index contributed by atoms with van der Waals surface area (Å²) in [4.78, 5) is 0. The Morgan fingerprint density at radius 1 is 0.581 bits per heavy atom. The topological polar surface area (TPSA) is 17.6 Å². The standard InChI is InChI=1S/C28H14ClNO/c29-16-13-22-27-24(14-16)31-23-11-5-9-19(26(23)27)25-17-7-2-1-6-15(17)12-20-18-8-3-4-10-21(18)30(22)28(20)25/h1-14H. The molecule has 3 aromatic heterocycles. The minimum Gasteiger partial charge on any atom is -0.456 e. The number of fused-ring (bicyclic) bond motifs is 7. The van der Waals surface area contributed by atoms with E-state index < -0.39 is 0 Å². The lowest BCUT2D eigenvalue weighted by atomic mass is 9.98. The Morgan fingerprint density at radius 3 is 2.32 bits per heavy atom. The van der Waals surface area contributed by atoms with Gasteiger partial charge in [0.15, 0.2) is 0 Å². The van der Waals surface area contributed by atoms with Crippen molar-refractivity contribution >= 4 is 82.4 Å². The molecule has 0 N–H and O–H groups in total. The molecule has 0 unspecified atom stereocenters. The van der Waals surface area contributed by atoms with Gasteiger partial charge in [-0.2, -0.15) is 0 Å².